The number of rotatable bonds is 6. The van der Waals surface area contributed by atoms with Crippen molar-refractivity contribution < 1.29 is 23.5 Å². The zero-order valence-corrected chi connectivity index (χ0v) is 19.3. The number of primary amides is 1. The molecule has 3 amide bonds. The third-order valence-electron chi connectivity index (χ3n) is 5.45. The monoisotopic (exact) mass is 474 g/mol. The van der Waals surface area contributed by atoms with E-state index in [1.54, 1.807) is 49.6 Å². The number of anilines is 2. The number of carbonyl (C=O) groups is 2. The second-order valence-corrected chi connectivity index (χ2v) is 7.79. The van der Waals surface area contributed by atoms with Gasteiger partial charge in [-0.1, -0.05) is 0 Å². The first-order valence-electron chi connectivity index (χ1n) is 10.6. The molecule has 0 radical (unpaired) electrons. The smallest absolute Gasteiger partial charge is 0.326 e. The minimum atomic E-state index is -0.624. The molecule has 0 unspecified atom stereocenters. The Morgan fingerprint density at radius 1 is 1.03 bits per heavy atom. The zero-order chi connectivity index (χ0) is 25.1. The number of pyridine rings is 1. The molecule has 1 aromatic heterocycles. The Labute approximate surface area is 201 Å². The molecule has 1 heterocycles. The Hall–Kier alpha value is -4.66. The van der Waals surface area contributed by atoms with Crippen LogP contribution in [0.2, 0.25) is 0 Å². The van der Waals surface area contributed by atoms with Gasteiger partial charge in [-0.2, -0.15) is 0 Å². The Kier molecular flexibility index (Phi) is 6.50. The van der Waals surface area contributed by atoms with Gasteiger partial charge >= 0.3 is 6.03 Å². The van der Waals surface area contributed by atoms with E-state index in [1.165, 1.54) is 36.3 Å². The molecule has 0 spiro atoms. The average molecular weight is 474 g/mol. The third kappa shape index (κ3) is 4.98. The highest BCUT2D eigenvalue weighted by atomic mass is 19.1. The van der Waals surface area contributed by atoms with Gasteiger partial charge in [0.15, 0.2) is 0 Å². The van der Waals surface area contributed by atoms with Gasteiger partial charge in [0, 0.05) is 36.1 Å². The summed E-state index contributed by atoms with van der Waals surface area (Å²) >= 11 is 0. The van der Waals surface area contributed by atoms with Crippen LogP contribution in [0.15, 0.2) is 66.9 Å². The van der Waals surface area contributed by atoms with E-state index in [9.17, 15) is 14.0 Å². The number of carbonyl (C=O) groups excluding carboxylic acids is 2. The maximum absolute atomic E-state index is 13.1. The second kappa shape index (κ2) is 9.68. The lowest BCUT2D eigenvalue weighted by Crippen LogP contribution is -2.31. The molecule has 0 bridgehead atoms. The van der Waals surface area contributed by atoms with Crippen LogP contribution in [-0.2, 0) is 0 Å². The molecule has 35 heavy (non-hydrogen) atoms. The molecular weight excluding hydrogens is 451 g/mol. The number of fused-ring (bicyclic) bond motifs is 1. The van der Waals surface area contributed by atoms with E-state index in [4.69, 9.17) is 15.2 Å². The van der Waals surface area contributed by atoms with E-state index in [0.29, 0.717) is 39.5 Å². The lowest BCUT2D eigenvalue weighted by molar-refractivity contribution is 0.0997. The number of methoxy groups -OCH3 is 1. The lowest BCUT2D eigenvalue weighted by Gasteiger charge is -2.21. The fourth-order valence-corrected chi connectivity index (χ4v) is 3.64. The summed E-state index contributed by atoms with van der Waals surface area (Å²) in [6.45, 7) is 1.85. The first-order valence-corrected chi connectivity index (χ1v) is 10.6. The molecule has 3 aromatic carbocycles. The molecule has 0 saturated carbocycles. The van der Waals surface area contributed by atoms with Crippen LogP contribution in [0.1, 0.15) is 15.9 Å². The highest BCUT2D eigenvalue weighted by molar-refractivity contribution is 6.02. The number of benzene rings is 3. The maximum Gasteiger partial charge on any atom is 0.326 e. The van der Waals surface area contributed by atoms with Gasteiger partial charge in [-0.15, -0.1) is 0 Å². The predicted molar refractivity (Wildman–Crippen MR) is 132 cm³/mol. The minimum absolute atomic E-state index is 0.221. The van der Waals surface area contributed by atoms with Crippen molar-refractivity contribution in [2.75, 3.05) is 24.4 Å². The number of ether oxygens (including phenoxy) is 2. The number of urea groups is 1. The van der Waals surface area contributed by atoms with Gasteiger partial charge in [0.2, 0.25) is 0 Å². The van der Waals surface area contributed by atoms with E-state index >= 15 is 0 Å². The second-order valence-electron chi connectivity index (χ2n) is 7.79. The van der Waals surface area contributed by atoms with Crippen molar-refractivity contribution in [3.63, 3.8) is 0 Å². The fourth-order valence-electron chi connectivity index (χ4n) is 3.64. The lowest BCUT2D eigenvalue weighted by atomic mass is 10.1. The number of hydrogen-bond acceptors (Lipinski definition) is 5. The normalized spacial score (nSPS) is 10.6. The van der Waals surface area contributed by atoms with Gasteiger partial charge in [-0.25, -0.2) is 9.18 Å². The summed E-state index contributed by atoms with van der Waals surface area (Å²) < 4.78 is 24.5. The van der Waals surface area contributed by atoms with Gasteiger partial charge in [-0.05, 0) is 67.1 Å². The molecule has 0 atom stereocenters. The van der Waals surface area contributed by atoms with E-state index in [1.807, 2.05) is 6.92 Å². The van der Waals surface area contributed by atoms with Crippen LogP contribution in [0.4, 0.5) is 20.6 Å². The largest absolute Gasteiger partial charge is 0.496 e. The average Bonchev–Trinajstić information content (AvgIpc) is 2.84. The number of nitrogens with one attached hydrogen (secondary N) is 1. The number of nitrogens with two attached hydrogens (primary N) is 1. The molecule has 178 valence electrons. The van der Waals surface area contributed by atoms with Gasteiger partial charge in [0.1, 0.15) is 23.1 Å². The summed E-state index contributed by atoms with van der Waals surface area (Å²) in [5.74, 6) is 0.337. The topological polar surface area (TPSA) is 107 Å². The van der Waals surface area contributed by atoms with E-state index in [2.05, 4.69) is 10.3 Å². The van der Waals surface area contributed by atoms with Crippen molar-refractivity contribution in [1.29, 1.82) is 0 Å². The van der Waals surface area contributed by atoms with E-state index in [0.717, 1.165) is 5.56 Å². The molecule has 4 aromatic rings. The molecule has 8 nitrogen and oxygen atoms in total. The zero-order valence-electron chi connectivity index (χ0n) is 19.3. The molecule has 0 fully saturated rings. The molecule has 0 aliphatic rings. The molecule has 0 aliphatic heterocycles. The summed E-state index contributed by atoms with van der Waals surface area (Å²) in [6, 6.07) is 15.3. The van der Waals surface area contributed by atoms with Crippen LogP contribution in [0, 0.1) is 12.7 Å². The van der Waals surface area contributed by atoms with Crippen LogP contribution in [-0.4, -0.2) is 31.1 Å². The van der Waals surface area contributed by atoms with Crippen LogP contribution >= 0.6 is 0 Å². The number of aromatic nitrogens is 1. The van der Waals surface area contributed by atoms with Crippen molar-refractivity contribution in [3.8, 4) is 17.2 Å². The highest BCUT2D eigenvalue weighted by Crippen LogP contribution is 2.34. The van der Waals surface area contributed by atoms with Crippen molar-refractivity contribution in [3.05, 3.63) is 83.8 Å². The molecule has 9 heteroatoms. The van der Waals surface area contributed by atoms with Gasteiger partial charge in [0.05, 0.1) is 18.2 Å². The van der Waals surface area contributed by atoms with Gasteiger partial charge in [0.25, 0.3) is 5.91 Å². The molecule has 3 N–H and O–H groups in total. The van der Waals surface area contributed by atoms with Gasteiger partial charge < -0.3 is 20.5 Å². The molecule has 4 rings (SSSR count). The number of aryl methyl sites for hydroxylation is 1. The summed E-state index contributed by atoms with van der Waals surface area (Å²) in [7, 11) is 3.09. The van der Waals surface area contributed by atoms with Crippen LogP contribution < -0.4 is 25.4 Å². The van der Waals surface area contributed by atoms with Crippen molar-refractivity contribution >= 4 is 34.2 Å². The first-order chi connectivity index (χ1) is 16.8. The highest BCUT2D eigenvalue weighted by Gasteiger charge is 2.16. The summed E-state index contributed by atoms with van der Waals surface area (Å²) in [5, 5.41) is 3.32. The summed E-state index contributed by atoms with van der Waals surface area (Å²) in [6.07, 6.45) is 1.59. The number of nitrogens with zero attached hydrogens (tertiary/aromatic N) is 2. The van der Waals surface area contributed by atoms with Gasteiger partial charge in [-0.3, -0.25) is 14.7 Å². The Bertz CT molecular complexity index is 1420. The van der Waals surface area contributed by atoms with E-state index < -0.39 is 5.91 Å². The SMILES string of the molecule is COc1cc2nccc(Oc3ccc(N(C)C(=O)Nc4ccc(F)cc4)c(C)c3)c2cc1C(N)=O. The van der Waals surface area contributed by atoms with Crippen molar-refractivity contribution in [2.24, 2.45) is 5.73 Å². The number of halogens is 1. The van der Waals surface area contributed by atoms with Crippen molar-refractivity contribution in [1.82, 2.24) is 4.98 Å². The number of hydrogen-bond donors (Lipinski definition) is 2. The molecule has 0 aliphatic carbocycles. The van der Waals surface area contributed by atoms with Crippen LogP contribution in [0.25, 0.3) is 10.9 Å². The maximum atomic E-state index is 13.1. The predicted octanol–water partition coefficient (Wildman–Crippen LogP) is 5.25. The Morgan fingerprint density at radius 3 is 2.43 bits per heavy atom. The summed E-state index contributed by atoms with van der Waals surface area (Å²) in [5.41, 5.74) is 8.23. The Morgan fingerprint density at radius 2 is 1.77 bits per heavy atom. The quantitative estimate of drug-likeness (QED) is 0.397. The fraction of sp³-hybridized carbons (Fsp3) is 0.115. The Balaban J connectivity index is 1.58. The van der Waals surface area contributed by atoms with Crippen LogP contribution in [0.3, 0.4) is 0 Å². The summed E-state index contributed by atoms with van der Waals surface area (Å²) in [4.78, 5) is 30.3. The number of amides is 3. The molecule has 0 saturated heterocycles. The standard InChI is InChI=1S/C26H23FN4O4/c1-15-12-18(8-9-22(15)31(2)26(33)30-17-6-4-16(27)5-7-17)35-23-10-11-29-21-14-24(34-3)20(25(28)32)13-19(21)23/h4-14H,1-3H3,(H2,28,32)(H,30,33). The first kappa shape index (κ1) is 23.5. The minimum Gasteiger partial charge on any atom is -0.496 e. The third-order valence-corrected chi connectivity index (χ3v) is 5.45. The van der Waals surface area contributed by atoms with Crippen molar-refractivity contribution in [2.45, 2.75) is 6.92 Å². The molecular formula is C26H23FN4O4. The van der Waals surface area contributed by atoms with E-state index in [-0.39, 0.29) is 17.4 Å². The van der Waals surface area contributed by atoms with Crippen LogP contribution in [0.5, 0.6) is 17.2 Å².